The van der Waals surface area contributed by atoms with Gasteiger partial charge in [0.15, 0.2) is 0 Å². The number of nitrogens with zero attached hydrogens (tertiary/aromatic N) is 3. The first-order chi connectivity index (χ1) is 14.2. The Hall–Kier alpha value is -2.29. The second kappa shape index (κ2) is 8.09. The number of piperidine rings is 1. The fourth-order valence-electron chi connectivity index (χ4n) is 4.48. The van der Waals surface area contributed by atoms with Crippen LogP contribution in [0.25, 0.3) is 5.82 Å². The molecule has 2 fully saturated rings. The molecule has 5 atom stereocenters. The molecule has 3 heterocycles. The number of hydrogen-bond donors (Lipinski definition) is 2. The molecule has 1 amide bonds. The van der Waals surface area contributed by atoms with Crippen LogP contribution in [0.15, 0.2) is 30.6 Å². The van der Waals surface area contributed by atoms with Crippen molar-refractivity contribution in [1.29, 1.82) is 0 Å². The molecule has 0 aromatic carbocycles. The molecule has 0 radical (unpaired) electrons. The number of nitrogens with one attached hydrogen (secondary N) is 2. The molecular formula is C20H23ClF3N5O. The lowest BCUT2D eigenvalue weighted by Crippen LogP contribution is -2.55. The molecular weight excluding hydrogens is 419 g/mol. The third-order valence-corrected chi connectivity index (χ3v) is 6.42. The van der Waals surface area contributed by atoms with Crippen molar-refractivity contribution in [3.63, 3.8) is 0 Å². The summed E-state index contributed by atoms with van der Waals surface area (Å²) in [5.41, 5.74) is -0.814. The van der Waals surface area contributed by atoms with Crippen LogP contribution in [0, 0.1) is 11.8 Å². The standard InChI is InChI=1S/C20H23ClF3N5O/c1-11(14-10-12-9-13(21)4-5-15(12)27-18(14)30)26-19-25-7-6-17(28-19)29-8-2-3-16(29)20(22,23)24/h2-3,6-8,11-15H,4-5,9-10H2,1H3,(H,27,30)(H,25,26,28)/t11-,12?,13?,14?,15?/m0/s1. The van der Waals surface area contributed by atoms with Crippen molar-refractivity contribution in [2.45, 2.75) is 56.2 Å². The van der Waals surface area contributed by atoms with Crippen molar-refractivity contribution in [1.82, 2.24) is 19.9 Å². The fraction of sp³-hybridized carbons (Fsp3) is 0.550. The largest absolute Gasteiger partial charge is 0.431 e. The Balaban J connectivity index is 1.49. The zero-order valence-electron chi connectivity index (χ0n) is 16.4. The Labute approximate surface area is 177 Å². The number of rotatable bonds is 4. The van der Waals surface area contributed by atoms with Gasteiger partial charge in [0, 0.05) is 29.9 Å². The zero-order chi connectivity index (χ0) is 21.5. The van der Waals surface area contributed by atoms with Crippen molar-refractivity contribution >= 4 is 23.5 Å². The van der Waals surface area contributed by atoms with Crippen LogP contribution >= 0.6 is 11.6 Å². The third-order valence-electron chi connectivity index (χ3n) is 6.03. The third kappa shape index (κ3) is 4.26. The minimum Gasteiger partial charge on any atom is -0.353 e. The molecule has 2 aromatic rings. The average molecular weight is 442 g/mol. The Bertz CT molecular complexity index is 918. The molecule has 4 rings (SSSR count). The Morgan fingerprint density at radius 2 is 2.10 bits per heavy atom. The molecule has 2 aromatic heterocycles. The van der Waals surface area contributed by atoms with E-state index in [-0.39, 0.29) is 41.1 Å². The minimum atomic E-state index is -4.49. The molecule has 0 spiro atoms. The van der Waals surface area contributed by atoms with Crippen molar-refractivity contribution in [3.05, 3.63) is 36.3 Å². The highest BCUT2D eigenvalue weighted by Crippen LogP contribution is 2.37. The van der Waals surface area contributed by atoms with E-state index in [1.165, 1.54) is 24.5 Å². The Morgan fingerprint density at radius 3 is 2.87 bits per heavy atom. The van der Waals surface area contributed by atoms with Gasteiger partial charge in [-0.15, -0.1) is 11.6 Å². The van der Waals surface area contributed by atoms with Crippen molar-refractivity contribution in [3.8, 4) is 5.82 Å². The summed E-state index contributed by atoms with van der Waals surface area (Å²) in [6, 6.07) is 3.60. The van der Waals surface area contributed by atoms with Crippen LogP contribution in [-0.4, -0.2) is 37.9 Å². The van der Waals surface area contributed by atoms with Gasteiger partial charge in [-0.25, -0.2) is 4.98 Å². The van der Waals surface area contributed by atoms with Gasteiger partial charge in [0.25, 0.3) is 0 Å². The lowest BCUT2D eigenvalue weighted by Gasteiger charge is -2.42. The molecule has 1 saturated carbocycles. The van der Waals surface area contributed by atoms with Crippen molar-refractivity contribution < 1.29 is 18.0 Å². The molecule has 1 aliphatic carbocycles. The van der Waals surface area contributed by atoms with Gasteiger partial charge in [0.05, 0.1) is 5.92 Å². The van der Waals surface area contributed by atoms with Crippen LogP contribution in [-0.2, 0) is 11.0 Å². The first-order valence-corrected chi connectivity index (χ1v) is 10.4. The number of alkyl halides is 4. The molecule has 2 N–H and O–H groups in total. The molecule has 10 heteroatoms. The summed E-state index contributed by atoms with van der Waals surface area (Å²) in [7, 11) is 0. The summed E-state index contributed by atoms with van der Waals surface area (Å²) in [6.45, 7) is 1.86. The van der Waals surface area contributed by atoms with Gasteiger partial charge in [0.2, 0.25) is 11.9 Å². The molecule has 30 heavy (non-hydrogen) atoms. The molecule has 0 bridgehead atoms. The van der Waals surface area contributed by atoms with Crippen LogP contribution in [0.3, 0.4) is 0 Å². The predicted octanol–water partition coefficient (Wildman–Crippen LogP) is 4.00. The molecule has 4 unspecified atom stereocenters. The zero-order valence-corrected chi connectivity index (χ0v) is 17.1. The molecule has 6 nitrogen and oxygen atoms in total. The fourth-order valence-corrected chi connectivity index (χ4v) is 4.84. The highest BCUT2D eigenvalue weighted by atomic mass is 35.5. The number of anilines is 1. The molecule has 1 saturated heterocycles. The minimum absolute atomic E-state index is 0.0230. The lowest BCUT2D eigenvalue weighted by atomic mass is 9.74. The number of fused-ring (bicyclic) bond motifs is 1. The van der Waals surface area contributed by atoms with E-state index < -0.39 is 11.9 Å². The van der Waals surface area contributed by atoms with Crippen LogP contribution in [0.4, 0.5) is 19.1 Å². The van der Waals surface area contributed by atoms with Crippen LogP contribution < -0.4 is 10.6 Å². The van der Waals surface area contributed by atoms with Gasteiger partial charge in [-0.2, -0.15) is 18.2 Å². The number of halogens is 4. The normalized spacial score (nSPS) is 27.8. The summed E-state index contributed by atoms with van der Waals surface area (Å²) in [5.74, 6) is 0.288. The topological polar surface area (TPSA) is 71.8 Å². The SMILES string of the molecule is C[C@H](Nc1nccc(-n2cccc2C(F)(F)F)n1)C1CC2CC(Cl)CCC2NC1=O. The van der Waals surface area contributed by atoms with Crippen LogP contribution in [0.5, 0.6) is 0 Å². The van der Waals surface area contributed by atoms with E-state index in [9.17, 15) is 18.0 Å². The van der Waals surface area contributed by atoms with E-state index >= 15 is 0 Å². The highest BCUT2D eigenvalue weighted by Gasteiger charge is 2.41. The summed E-state index contributed by atoms with van der Waals surface area (Å²) in [4.78, 5) is 21.0. The van der Waals surface area contributed by atoms with Crippen molar-refractivity contribution in [2.75, 3.05) is 5.32 Å². The maximum atomic E-state index is 13.2. The number of hydrogen-bond acceptors (Lipinski definition) is 4. The number of amides is 1. The van der Waals surface area contributed by atoms with Gasteiger partial charge in [-0.1, -0.05) is 0 Å². The first kappa shape index (κ1) is 21.0. The number of aromatic nitrogens is 3. The summed E-state index contributed by atoms with van der Waals surface area (Å²) < 4.78 is 40.6. The second-order valence-corrected chi connectivity index (χ2v) is 8.68. The smallest absolute Gasteiger partial charge is 0.353 e. The predicted molar refractivity (Wildman–Crippen MR) is 106 cm³/mol. The molecule has 162 valence electrons. The lowest BCUT2D eigenvalue weighted by molar-refractivity contribution is -0.142. The summed E-state index contributed by atoms with van der Waals surface area (Å²) in [5, 5.41) is 6.34. The van der Waals surface area contributed by atoms with Gasteiger partial charge >= 0.3 is 6.18 Å². The van der Waals surface area contributed by atoms with E-state index in [4.69, 9.17) is 11.6 Å². The van der Waals surface area contributed by atoms with E-state index in [1.54, 1.807) is 0 Å². The van der Waals surface area contributed by atoms with Crippen LogP contribution in [0.2, 0.25) is 0 Å². The quantitative estimate of drug-likeness (QED) is 0.703. The van der Waals surface area contributed by atoms with E-state index in [0.29, 0.717) is 12.3 Å². The van der Waals surface area contributed by atoms with Gasteiger partial charge in [-0.3, -0.25) is 9.36 Å². The number of carbonyl (C=O) groups excluding carboxylic acids is 1. The van der Waals surface area contributed by atoms with Gasteiger partial charge < -0.3 is 10.6 Å². The first-order valence-electron chi connectivity index (χ1n) is 10.0. The van der Waals surface area contributed by atoms with E-state index in [0.717, 1.165) is 29.9 Å². The number of carbonyl (C=O) groups is 1. The maximum absolute atomic E-state index is 13.2. The van der Waals surface area contributed by atoms with Crippen LogP contribution in [0.1, 0.15) is 38.3 Å². The van der Waals surface area contributed by atoms with Gasteiger partial charge in [0.1, 0.15) is 11.5 Å². The summed E-state index contributed by atoms with van der Waals surface area (Å²) >= 11 is 6.31. The molecule has 2 aliphatic rings. The van der Waals surface area contributed by atoms with Crippen molar-refractivity contribution in [2.24, 2.45) is 11.8 Å². The molecule has 1 aliphatic heterocycles. The Kier molecular flexibility index (Phi) is 5.65. The summed E-state index contributed by atoms with van der Waals surface area (Å²) in [6.07, 6.45) is 1.59. The monoisotopic (exact) mass is 441 g/mol. The second-order valence-electron chi connectivity index (χ2n) is 8.06. The van der Waals surface area contributed by atoms with Gasteiger partial charge in [-0.05, 0) is 56.7 Å². The Morgan fingerprint density at radius 1 is 1.30 bits per heavy atom. The average Bonchev–Trinajstić information content (AvgIpc) is 3.18. The maximum Gasteiger partial charge on any atom is 0.431 e. The van der Waals surface area contributed by atoms with E-state index in [1.807, 2.05) is 6.92 Å². The highest BCUT2D eigenvalue weighted by molar-refractivity contribution is 6.20. The van der Waals surface area contributed by atoms with E-state index in [2.05, 4.69) is 20.6 Å².